The van der Waals surface area contributed by atoms with Gasteiger partial charge >= 0.3 is 0 Å². The Bertz CT molecular complexity index is 455. The molecule has 0 atom stereocenters. The first-order chi connectivity index (χ1) is 7.47. The molecule has 0 fully saturated rings. The SMILES string of the molecule is Cc1ccc(/C=[N+]2/N=C([O-])CC2(C)C)cc1. The van der Waals surface area contributed by atoms with Crippen LogP contribution >= 0.6 is 0 Å². The fraction of sp³-hybridized carbons (Fsp3) is 0.385. The first-order valence-corrected chi connectivity index (χ1v) is 5.43. The predicted molar refractivity (Wildman–Crippen MR) is 62.7 cm³/mol. The van der Waals surface area contributed by atoms with E-state index in [9.17, 15) is 5.11 Å². The van der Waals surface area contributed by atoms with Gasteiger partial charge in [-0.05, 0) is 24.2 Å². The molecule has 0 N–H and O–H groups in total. The zero-order valence-corrected chi connectivity index (χ0v) is 9.90. The number of rotatable bonds is 1. The topological polar surface area (TPSA) is 38.4 Å². The molecule has 1 aliphatic rings. The van der Waals surface area contributed by atoms with Crippen molar-refractivity contribution < 1.29 is 9.79 Å². The van der Waals surface area contributed by atoms with Crippen LogP contribution in [0.3, 0.4) is 0 Å². The third-order valence-electron chi connectivity index (χ3n) is 2.77. The molecular formula is C13H16N2O. The molecule has 0 aliphatic carbocycles. The minimum Gasteiger partial charge on any atom is -0.857 e. The maximum absolute atomic E-state index is 11.3. The summed E-state index contributed by atoms with van der Waals surface area (Å²) in [5.74, 6) is -0.0478. The van der Waals surface area contributed by atoms with Crippen LogP contribution in [0.4, 0.5) is 0 Å². The quantitative estimate of drug-likeness (QED) is 0.652. The molecule has 0 aromatic heterocycles. The second kappa shape index (κ2) is 3.74. The van der Waals surface area contributed by atoms with Gasteiger partial charge in [0.25, 0.3) is 0 Å². The van der Waals surface area contributed by atoms with E-state index in [2.05, 4.69) is 24.2 Å². The highest BCUT2D eigenvalue weighted by Gasteiger charge is 2.36. The Morgan fingerprint density at radius 2 is 1.94 bits per heavy atom. The highest BCUT2D eigenvalue weighted by atomic mass is 16.3. The molecule has 0 bridgehead atoms. The second-order valence-corrected chi connectivity index (χ2v) is 4.87. The van der Waals surface area contributed by atoms with Crippen molar-refractivity contribution in [3.05, 3.63) is 35.4 Å². The Hall–Kier alpha value is -1.64. The normalized spacial score (nSPS) is 21.2. The molecular weight excluding hydrogens is 200 g/mol. The van der Waals surface area contributed by atoms with Crippen LogP contribution in [0.2, 0.25) is 0 Å². The van der Waals surface area contributed by atoms with Gasteiger partial charge in [0.15, 0.2) is 5.54 Å². The molecule has 84 valence electrons. The molecule has 1 aliphatic heterocycles. The minimum absolute atomic E-state index is 0.0478. The van der Waals surface area contributed by atoms with Gasteiger partial charge in [-0.15, -0.1) is 0 Å². The lowest BCUT2D eigenvalue weighted by Crippen LogP contribution is -2.31. The van der Waals surface area contributed by atoms with Gasteiger partial charge < -0.3 is 5.11 Å². The van der Waals surface area contributed by atoms with Gasteiger partial charge in [0.05, 0.1) is 0 Å². The lowest BCUT2D eigenvalue weighted by molar-refractivity contribution is -0.591. The maximum atomic E-state index is 11.3. The first-order valence-electron chi connectivity index (χ1n) is 5.43. The van der Waals surface area contributed by atoms with Crippen molar-refractivity contribution in [1.82, 2.24) is 0 Å². The van der Waals surface area contributed by atoms with E-state index in [1.165, 1.54) is 5.56 Å². The molecule has 1 aromatic rings. The van der Waals surface area contributed by atoms with Crippen molar-refractivity contribution in [3.8, 4) is 0 Å². The van der Waals surface area contributed by atoms with Crippen LogP contribution in [0.1, 0.15) is 31.4 Å². The molecule has 0 saturated heterocycles. The predicted octanol–water partition coefficient (Wildman–Crippen LogP) is 1.28. The summed E-state index contributed by atoms with van der Waals surface area (Å²) in [4.78, 5) is 0. The number of aryl methyl sites for hydroxylation is 1. The summed E-state index contributed by atoms with van der Waals surface area (Å²) in [5.41, 5.74) is 2.09. The number of hydrogen-bond acceptors (Lipinski definition) is 2. The molecule has 0 saturated carbocycles. The molecule has 0 spiro atoms. The van der Waals surface area contributed by atoms with Crippen LogP contribution < -0.4 is 5.11 Å². The van der Waals surface area contributed by atoms with Crippen LogP contribution in [0.5, 0.6) is 0 Å². The Morgan fingerprint density at radius 1 is 1.31 bits per heavy atom. The van der Waals surface area contributed by atoms with Gasteiger partial charge in [0, 0.05) is 31.7 Å². The molecule has 2 rings (SSSR count). The summed E-state index contributed by atoms with van der Waals surface area (Å²) < 4.78 is 1.76. The van der Waals surface area contributed by atoms with Crippen molar-refractivity contribution in [1.29, 1.82) is 0 Å². The van der Waals surface area contributed by atoms with E-state index in [1.807, 2.05) is 32.2 Å². The van der Waals surface area contributed by atoms with E-state index >= 15 is 0 Å². The number of benzene rings is 1. The van der Waals surface area contributed by atoms with Crippen LogP contribution in [-0.4, -0.2) is 22.3 Å². The molecule has 1 heterocycles. The highest BCUT2D eigenvalue weighted by Crippen LogP contribution is 2.20. The Balaban J connectivity index is 2.34. The zero-order chi connectivity index (χ0) is 11.8. The van der Waals surface area contributed by atoms with Gasteiger partial charge in [-0.1, -0.05) is 22.4 Å². The van der Waals surface area contributed by atoms with Crippen molar-refractivity contribution in [2.45, 2.75) is 32.7 Å². The van der Waals surface area contributed by atoms with E-state index in [1.54, 1.807) is 4.68 Å². The van der Waals surface area contributed by atoms with Crippen LogP contribution in [0.15, 0.2) is 29.4 Å². The number of nitrogens with zero attached hydrogens (tertiary/aromatic N) is 2. The summed E-state index contributed by atoms with van der Waals surface area (Å²) in [5, 5.41) is 15.3. The molecule has 0 radical (unpaired) electrons. The van der Waals surface area contributed by atoms with E-state index in [-0.39, 0.29) is 11.4 Å². The van der Waals surface area contributed by atoms with Crippen molar-refractivity contribution in [3.63, 3.8) is 0 Å². The Morgan fingerprint density at radius 3 is 2.44 bits per heavy atom. The van der Waals surface area contributed by atoms with Crippen molar-refractivity contribution >= 4 is 12.1 Å². The van der Waals surface area contributed by atoms with Crippen molar-refractivity contribution in [2.24, 2.45) is 5.10 Å². The average molecular weight is 216 g/mol. The second-order valence-electron chi connectivity index (χ2n) is 4.87. The lowest BCUT2D eigenvalue weighted by atomic mass is 10.0. The largest absolute Gasteiger partial charge is 0.857 e. The molecule has 16 heavy (non-hydrogen) atoms. The Kier molecular flexibility index (Phi) is 2.54. The summed E-state index contributed by atoms with van der Waals surface area (Å²) in [6, 6.07) is 8.17. The molecule has 0 unspecified atom stereocenters. The van der Waals surface area contributed by atoms with Crippen LogP contribution in [-0.2, 0) is 0 Å². The van der Waals surface area contributed by atoms with E-state index in [4.69, 9.17) is 0 Å². The van der Waals surface area contributed by atoms with Gasteiger partial charge in [-0.2, -0.15) is 0 Å². The fourth-order valence-electron chi connectivity index (χ4n) is 1.74. The average Bonchev–Trinajstić information content (AvgIpc) is 2.43. The van der Waals surface area contributed by atoms with Gasteiger partial charge in [0.1, 0.15) is 0 Å². The molecule has 0 amide bonds. The monoisotopic (exact) mass is 216 g/mol. The minimum atomic E-state index is -0.206. The summed E-state index contributed by atoms with van der Waals surface area (Å²) in [7, 11) is 0. The highest BCUT2D eigenvalue weighted by molar-refractivity contribution is 5.78. The molecule has 1 aromatic carbocycles. The standard InChI is InChI=1S/C13H16N2O/c1-10-4-6-11(7-5-10)9-15-13(2,3)8-12(16)14-15/h4-7,9H,8H2,1-3H3/b15-9+. The van der Waals surface area contributed by atoms with E-state index in [0.717, 1.165) is 5.56 Å². The molecule has 3 heteroatoms. The van der Waals surface area contributed by atoms with Crippen molar-refractivity contribution in [2.75, 3.05) is 0 Å². The zero-order valence-electron chi connectivity index (χ0n) is 9.90. The fourth-order valence-corrected chi connectivity index (χ4v) is 1.74. The smallest absolute Gasteiger partial charge is 0.203 e. The van der Waals surface area contributed by atoms with E-state index < -0.39 is 0 Å². The van der Waals surface area contributed by atoms with Crippen LogP contribution in [0.25, 0.3) is 0 Å². The number of hydrazone groups is 1. The summed E-state index contributed by atoms with van der Waals surface area (Å²) in [6.45, 7) is 6.09. The lowest BCUT2D eigenvalue weighted by Gasteiger charge is -2.11. The maximum Gasteiger partial charge on any atom is 0.203 e. The third kappa shape index (κ3) is 2.13. The van der Waals surface area contributed by atoms with Gasteiger partial charge in [-0.25, -0.2) is 0 Å². The van der Waals surface area contributed by atoms with E-state index in [0.29, 0.717) is 6.42 Å². The molecule has 3 nitrogen and oxygen atoms in total. The van der Waals surface area contributed by atoms with Gasteiger partial charge in [-0.3, -0.25) is 0 Å². The summed E-state index contributed by atoms with van der Waals surface area (Å²) >= 11 is 0. The summed E-state index contributed by atoms with van der Waals surface area (Å²) in [6.07, 6.45) is 2.40. The third-order valence-corrected chi connectivity index (χ3v) is 2.77. The first kappa shape index (κ1) is 10.9. The van der Waals surface area contributed by atoms with Crippen LogP contribution in [0, 0.1) is 6.92 Å². The Labute approximate surface area is 95.7 Å². The number of hydrogen-bond donors (Lipinski definition) is 0. The van der Waals surface area contributed by atoms with Gasteiger partial charge in [0.2, 0.25) is 6.21 Å².